The van der Waals surface area contributed by atoms with Gasteiger partial charge in [0.1, 0.15) is 0 Å². The van der Waals surface area contributed by atoms with Crippen LogP contribution in [0.25, 0.3) is 11.3 Å². The highest BCUT2D eigenvalue weighted by Crippen LogP contribution is 2.35. The van der Waals surface area contributed by atoms with Crippen LogP contribution < -0.4 is 4.72 Å². The smallest absolute Gasteiger partial charge is 0.335 e. The van der Waals surface area contributed by atoms with Gasteiger partial charge in [0.15, 0.2) is 0 Å². The van der Waals surface area contributed by atoms with Crippen LogP contribution >= 0.6 is 0 Å². The van der Waals surface area contributed by atoms with Crippen LogP contribution in [0, 0.1) is 13.8 Å². The Labute approximate surface area is 168 Å². The van der Waals surface area contributed by atoms with E-state index in [1.807, 2.05) is 12.1 Å². The van der Waals surface area contributed by atoms with Crippen molar-refractivity contribution in [2.45, 2.75) is 38.0 Å². The SMILES string of the molecule is Cc1cc(C(=O)O)cc(S(=O)(=O)Nc2ccccc2-c2n[nH]c3c2CCC3)c1C. The summed E-state index contributed by atoms with van der Waals surface area (Å²) in [5.41, 5.74) is 5.12. The number of aryl methyl sites for hydroxylation is 2. The average Bonchev–Trinajstić information content (AvgIpc) is 3.27. The van der Waals surface area contributed by atoms with Gasteiger partial charge in [-0.15, -0.1) is 0 Å². The molecule has 1 heterocycles. The largest absolute Gasteiger partial charge is 0.478 e. The first-order chi connectivity index (χ1) is 13.8. The molecule has 2 aromatic carbocycles. The van der Waals surface area contributed by atoms with Crippen molar-refractivity contribution in [3.8, 4) is 11.3 Å². The van der Waals surface area contributed by atoms with Crippen LogP contribution in [-0.2, 0) is 22.9 Å². The minimum Gasteiger partial charge on any atom is -0.478 e. The lowest BCUT2D eigenvalue weighted by molar-refractivity contribution is 0.0696. The molecule has 4 rings (SSSR count). The molecule has 0 atom stereocenters. The molecular formula is C21H21N3O4S. The van der Waals surface area contributed by atoms with Crippen molar-refractivity contribution >= 4 is 21.7 Å². The lowest BCUT2D eigenvalue weighted by atomic mass is 10.1. The minimum absolute atomic E-state index is 0.0445. The molecule has 1 aromatic heterocycles. The number of nitrogens with zero attached hydrogens (tertiary/aromatic N) is 1. The molecule has 0 aliphatic heterocycles. The highest BCUT2D eigenvalue weighted by Gasteiger charge is 2.25. The minimum atomic E-state index is -4.00. The molecule has 0 radical (unpaired) electrons. The van der Waals surface area contributed by atoms with Crippen molar-refractivity contribution in [3.05, 3.63) is 64.3 Å². The van der Waals surface area contributed by atoms with E-state index in [1.165, 1.54) is 12.1 Å². The van der Waals surface area contributed by atoms with Gasteiger partial charge in [0.2, 0.25) is 0 Å². The molecule has 0 fully saturated rings. The molecule has 0 amide bonds. The number of aromatic nitrogens is 2. The Balaban J connectivity index is 1.78. The van der Waals surface area contributed by atoms with Crippen molar-refractivity contribution in [2.75, 3.05) is 4.72 Å². The van der Waals surface area contributed by atoms with Gasteiger partial charge in [0.05, 0.1) is 21.8 Å². The van der Waals surface area contributed by atoms with Crippen molar-refractivity contribution in [2.24, 2.45) is 0 Å². The topological polar surface area (TPSA) is 112 Å². The Kier molecular flexibility index (Phi) is 4.66. The second-order valence-corrected chi connectivity index (χ2v) is 8.91. The maximum Gasteiger partial charge on any atom is 0.335 e. The van der Waals surface area contributed by atoms with E-state index < -0.39 is 16.0 Å². The van der Waals surface area contributed by atoms with Crippen LogP contribution in [0.1, 0.15) is 39.2 Å². The fourth-order valence-corrected chi connectivity index (χ4v) is 5.17. The van der Waals surface area contributed by atoms with E-state index in [0.717, 1.165) is 36.2 Å². The van der Waals surface area contributed by atoms with E-state index in [4.69, 9.17) is 0 Å². The summed E-state index contributed by atoms with van der Waals surface area (Å²) < 4.78 is 29.0. The molecule has 3 aromatic rings. The summed E-state index contributed by atoms with van der Waals surface area (Å²) in [5, 5.41) is 16.8. The number of carbonyl (C=O) groups is 1. The van der Waals surface area contributed by atoms with Crippen molar-refractivity contribution in [1.29, 1.82) is 0 Å². The number of carboxylic acids is 1. The molecule has 29 heavy (non-hydrogen) atoms. The first kappa shape index (κ1) is 19.2. The molecule has 150 valence electrons. The van der Waals surface area contributed by atoms with Gasteiger partial charge in [0.25, 0.3) is 10.0 Å². The van der Waals surface area contributed by atoms with Crippen molar-refractivity contribution < 1.29 is 18.3 Å². The van der Waals surface area contributed by atoms with E-state index in [9.17, 15) is 18.3 Å². The zero-order valence-electron chi connectivity index (χ0n) is 16.1. The third kappa shape index (κ3) is 3.40. The highest BCUT2D eigenvalue weighted by atomic mass is 32.2. The summed E-state index contributed by atoms with van der Waals surface area (Å²) in [5.74, 6) is -1.17. The zero-order chi connectivity index (χ0) is 20.8. The second kappa shape index (κ2) is 7.04. The summed E-state index contributed by atoms with van der Waals surface area (Å²) in [4.78, 5) is 11.3. The summed E-state index contributed by atoms with van der Waals surface area (Å²) >= 11 is 0. The monoisotopic (exact) mass is 411 g/mol. The summed E-state index contributed by atoms with van der Waals surface area (Å²) in [6.07, 6.45) is 2.89. The summed E-state index contributed by atoms with van der Waals surface area (Å²) in [6, 6.07) is 9.77. The highest BCUT2D eigenvalue weighted by molar-refractivity contribution is 7.92. The van der Waals surface area contributed by atoms with Crippen LogP contribution in [0.2, 0.25) is 0 Å². The van der Waals surface area contributed by atoms with E-state index in [-0.39, 0.29) is 10.5 Å². The Morgan fingerprint density at radius 3 is 2.69 bits per heavy atom. The van der Waals surface area contributed by atoms with Gasteiger partial charge in [-0.3, -0.25) is 9.82 Å². The molecule has 7 nitrogen and oxygen atoms in total. The Morgan fingerprint density at radius 1 is 1.17 bits per heavy atom. The number of benzene rings is 2. The normalized spacial score (nSPS) is 13.3. The zero-order valence-corrected chi connectivity index (χ0v) is 16.9. The number of H-pyrrole nitrogens is 1. The van der Waals surface area contributed by atoms with Crippen LogP contribution in [0.15, 0.2) is 41.3 Å². The van der Waals surface area contributed by atoms with E-state index in [0.29, 0.717) is 22.4 Å². The molecule has 0 spiro atoms. The number of hydrogen-bond acceptors (Lipinski definition) is 4. The molecule has 8 heteroatoms. The predicted octanol–water partition coefficient (Wildman–Crippen LogP) is 3.68. The number of hydrogen-bond donors (Lipinski definition) is 3. The molecule has 1 aliphatic carbocycles. The van der Waals surface area contributed by atoms with E-state index >= 15 is 0 Å². The second-order valence-electron chi connectivity index (χ2n) is 7.26. The Morgan fingerprint density at radius 2 is 1.93 bits per heavy atom. The number of fused-ring (bicyclic) bond motifs is 1. The van der Waals surface area contributed by atoms with E-state index in [1.54, 1.807) is 26.0 Å². The molecule has 0 saturated carbocycles. The van der Waals surface area contributed by atoms with Gasteiger partial charge in [-0.25, -0.2) is 13.2 Å². The van der Waals surface area contributed by atoms with Gasteiger partial charge < -0.3 is 5.11 Å². The van der Waals surface area contributed by atoms with Gasteiger partial charge in [0, 0.05) is 16.8 Å². The number of aromatic amines is 1. The lowest BCUT2D eigenvalue weighted by Crippen LogP contribution is -2.16. The fourth-order valence-electron chi connectivity index (χ4n) is 3.75. The molecule has 0 saturated heterocycles. The maximum atomic E-state index is 13.2. The standard InChI is InChI=1S/C21H21N3O4S/c1-12-10-14(21(25)26)11-19(13(12)2)29(27,28)24-18-8-4-3-6-16(18)20-15-7-5-9-17(15)22-23-20/h3-4,6,8,10-11,24H,5,7,9H2,1-2H3,(H,22,23)(H,25,26). The van der Waals surface area contributed by atoms with Crippen molar-refractivity contribution in [3.63, 3.8) is 0 Å². The number of rotatable bonds is 5. The number of para-hydroxylation sites is 1. The molecular weight excluding hydrogens is 390 g/mol. The summed E-state index contributed by atoms with van der Waals surface area (Å²) in [6.45, 7) is 3.36. The number of nitrogens with one attached hydrogen (secondary N) is 2. The Hall–Kier alpha value is -3.13. The van der Waals surface area contributed by atoms with Gasteiger partial charge in [-0.2, -0.15) is 5.10 Å². The summed E-state index contributed by atoms with van der Waals surface area (Å²) in [7, 11) is -4.00. The van der Waals surface area contributed by atoms with Gasteiger partial charge >= 0.3 is 5.97 Å². The van der Waals surface area contributed by atoms with Gasteiger partial charge in [-0.05, 0) is 62.4 Å². The number of aromatic carboxylic acids is 1. The predicted molar refractivity (Wildman–Crippen MR) is 110 cm³/mol. The number of anilines is 1. The fraction of sp³-hybridized carbons (Fsp3) is 0.238. The van der Waals surface area contributed by atoms with Crippen LogP contribution in [0.5, 0.6) is 0 Å². The lowest BCUT2D eigenvalue weighted by Gasteiger charge is -2.15. The van der Waals surface area contributed by atoms with Crippen molar-refractivity contribution in [1.82, 2.24) is 10.2 Å². The Bertz CT molecular complexity index is 1230. The van der Waals surface area contributed by atoms with Crippen LogP contribution in [0.4, 0.5) is 5.69 Å². The molecule has 1 aliphatic rings. The van der Waals surface area contributed by atoms with E-state index in [2.05, 4.69) is 14.9 Å². The first-order valence-corrected chi connectivity index (χ1v) is 10.8. The van der Waals surface area contributed by atoms with Gasteiger partial charge in [-0.1, -0.05) is 18.2 Å². The van der Waals surface area contributed by atoms with Crippen LogP contribution in [-0.4, -0.2) is 29.7 Å². The number of sulfonamides is 1. The third-order valence-electron chi connectivity index (χ3n) is 5.39. The maximum absolute atomic E-state index is 13.2. The molecule has 0 bridgehead atoms. The molecule has 3 N–H and O–H groups in total. The number of carboxylic acid groups (broad SMARTS) is 1. The van der Waals surface area contributed by atoms with Crippen LogP contribution in [0.3, 0.4) is 0 Å². The molecule has 0 unspecified atom stereocenters. The quantitative estimate of drug-likeness (QED) is 0.593. The third-order valence-corrected chi connectivity index (χ3v) is 6.88. The average molecular weight is 411 g/mol. The first-order valence-electron chi connectivity index (χ1n) is 9.31.